The first-order valence-corrected chi connectivity index (χ1v) is 13.4. The zero-order chi connectivity index (χ0) is 23.9. The van der Waals surface area contributed by atoms with E-state index >= 15 is 0 Å². The van der Waals surface area contributed by atoms with Crippen molar-refractivity contribution in [2.24, 2.45) is 0 Å². The molecular formula is C25H29N3O5S. The number of hydrogen-bond donors (Lipinski definition) is 0. The largest absolute Gasteiger partial charge is 0.497 e. The van der Waals surface area contributed by atoms with Gasteiger partial charge in [-0.2, -0.15) is 0 Å². The summed E-state index contributed by atoms with van der Waals surface area (Å²) in [4.78, 5) is 30.9. The molecule has 0 atom stereocenters. The third kappa shape index (κ3) is 4.24. The van der Waals surface area contributed by atoms with Gasteiger partial charge in [0, 0.05) is 51.3 Å². The van der Waals surface area contributed by atoms with Crippen LogP contribution in [0.5, 0.6) is 5.75 Å². The molecule has 0 bridgehead atoms. The van der Waals surface area contributed by atoms with Crippen LogP contribution in [0.1, 0.15) is 24.0 Å². The highest BCUT2D eigenvalue weighted by atomic mass is 32.2. The van der Waals surface area contributed by atoms with E-state index in [1.807, 2.05) is 24.3 Å². The minimum absolute atomic E-state index is 0.0259. The van der Waals surface area contributed by atoms with Gasteiger partial charge in [0.15, 0.2) is 9.84 Å². The Morgan fingerprint density at radius 1 is 0.941 bits per heavy atom. The summed E-state index contributed by atoms with van der Waals surface area (Å²) in [7, 11) is -1.95. The third-order valence-corrected chi connectivity index (χ3v) is 8.73. The predicted octanol–water partition coefficient (Wildman–Crippen LogP) is 2.04. The van der Waals surface area contributed by atoms with E-state index in [1.54, 1.807) is 29.0 Å². The van der Waals surface area contributed by atoms with Crippen molar-refractivity contribution >= 4 is 33.0 Å². The molecule has 0 aliphatic carbocycles. The molecular weight excluding hydrogens is 454 g/mol. The summed E-state index contributed by atoms with van der Waals surface area (Å²) in [5.74, 6) is 0.583. The van der Waals surface area contributed by atoms with Gasteiger partial charge < -0.3 is 19.4 Å². The molecule has 1 saturated heterocycles. The van der Waals surface area contributed by atoms with E-state index in [9.17, 15) is 18.0 Å². The van der Waals surface area contributed by atoms with Crippen molar-refractivity contribution in [2.75, 3.05) is 55.4 Å². The third-order valence-electron chi connectivity index (χ3n) is 7.04. The zero-order valence-corrected chi connectivity index (χ0v) is 20.1. The Bertz CT molecular complexity index is 1220. The Labute approximate surface area is 200 Å². The van der Waals surface area contributed by atoms with Gasteiger partial charge in [0.25, 0.3) is 0 Å². The molecule has 0 aromatic heterocycles. The van der Waals surface area contributed by atoms with Crippen LogP contribution in [-0.4, -0.2) is 70.7 Å². The van der Waals surface area contributed by atoms with Crippen molar-refractivity contribution < 1.29 is 22.7 Å². The fourth-order valence-electron chi connectivity index (χ4n) is 5.11. The molecule has 0 unspecified atom stereocenters. The second kappa shape index (κ2) is 8.94. The highest BCUT2D eigenvalue weighted by molar-refractivity contribution is 7.91. The molecule has 0 N–H and O–H groups in total. The van der Waals surface area contributed by atoms with Crippen molar-refractivity contribution in [1.29, 1.82) is 0 Å². The number of sulfone groups is 1. The number of benzene rings is 2. The van der Waals surface area contributed by atoms with Crippen molar-refractivity contribution in [3.8, 4) is 5.75 Å². The lowest BCUT2D eigenvalue weighted by molar-refractivity contribution is -0.131. The highest BCUT2D eigenvalue weighted by Gasteiger charge is 2.33. The Morgan fingerprint density at radius 3 is 2.29 bits per heavy atom. The van der Waals surface area contributed by atoms with Gasteiger partial charge in [0.1, 0.15) is 5.75 Å². The second-order valence-electron chi connectivity index (χ2n) is 9.02. The van der Waals surface area contributed by atoms with E-state index in [2.05, 4.69) is 4.90 Å². The quantitative estimate of drug-likeness (QED) is 0.625. The summed E-state index contributed by atoms with van der Waals surface area (Å²) in [6, 6.07) is 11.2. The molecule has 0 saturated carbocycles. The van der Waals surface area contributed by atoms with Crippen LogP contribution in [0.15, 0.2) is 41.3 Å². The summed E-state index contributed by atoms with van der Waals surface area (Å²) in [5, 5.41) is 0. The summed E-state index contributed by atoms with van der Waals surface area (Å²) in [6.45, 7) is 3.16. The molecule has 0 spiro atoms. The standard InChI is InChI=1S/C25H29N3O5S/c1-33-21-5-3-20(4-6-21)26-11-13-27(14-12-26)23(29)9-15-34(31,32)22-16-18-2-7-24(30)28-10-8-19(17-22)25(18)28/h3-6,16-17H,2,7-15H2,1H3. The second-order valence-corrected chi connectivity index (χ2v) is 11.1. The number of nitrogens with zero attached hydrogens (tertiary/aromatic N) is 3. The van der Waals surface area contributed by atoms with Gasteiger partial charge in [0.05, 0.1) is 23.4 Å². The monoisotopic (exact) mass is 483 g/mol. The van der Waals surface area contributed by atoms with Crippen LogP contribution in [0.3, 0.4) is 0 Å². The van der Waals surface area contributed by atoms with Gasteiger partial charge in [0.2, 0.25) is 11.8 Å². The smallest absolute Gasteiger partial charge is 0.227 e. The first-order valence-electron chi connectivity index (χ1n) is 11.7. The van der Waals surface area contributed by atoms with E-state index in [-0.39, 0.29) is 28.9 Å². The number of carbonyl (C=O) groups excluding carboxylic acids is 2. The van der Waals surface area contributed by atoms with Crippen LogP contribution in [0.4, 0.5) is 11.4 Å². The number of anilines is 2. The van der Waals surface area contributed by atoms with Gasteiger partial charge >= 0.3 is 0 Å². The molecule has 34 heavy (non-hydrogen) atoms. The lowest BCUT2D eigenvalue weighted by Crippen LogP contribution is -2.49. The van der Waals surface area contributed by atoms with Crippen LogP contribution in [0.2, 0.25) is 0 Å². The maximum Gasteiger partial charge on any atom is 0.227 e. The molecule has 3 heterocycles. The van der Waals surface area contributed by atoms with Crippen molar-refractivity contribution in [1.82, 2.24) is 4.90 Å². The molecule has 9 heteroatoms. The minimum atomic E-state index is -3.59. The number of rotatable bonds is 6. The van der Waals surface area contributed by atoms with E-state index < -0.39 is 9.84 Å². The van der Waals surface area contributed by atoms with E-state index in [1.165, 1.54) is 0 Å². The number of piperazine rings is 1. The average Bonchev–Trinajstić information content (AvgIpc) is 3.30. The minimum Gasteiger partial charge on any atom is -0.497 e. The molecule has 2 aromatic carbocycles. The number of hydrogen-bond acceptors (Lipinski definition) is 6. The SMILES string of the molecule is COc1ccc(N2CCN(C(=O)CCS(=O)(=O)c3cc4c5c(c3)CCN5C(=O)CC4)CC2)cc1. The normalized spacial score (nSPS) is 17.7. The fourth-order valence-corrected chi connectivity index (χ4v) is 6.43. The van der Waals surface area contributed by atoms with Crippen LogP contribution in [-0.2, 0) is 32.3 Å². The van der Waals surface area contributed by atoms with Gasteiger partial charge in [-0.05, 0) is 60.4 Å². The Hall–Kier alpha value is -3.07. The Morgan fingerprint density at radius 2 is 1.62 bits per heavy atom. The van der Waals surface area contributed by atoms with Crippen LogP contribution in [0.25, 0.3) is 0 Å². The topological polar surface area (TPSA) is 87.2 Å². The summed E-state index contributed by atoms with van der Waals surface area (Å²) < 4.78 is 31.3. The van der Waals surface area contributed by atoms with E-state index in [0.717, 1.165) is 28.3 Å². The van der Waals surface area contributed by atoms with Gasteiger partial charge in [-0.1, -0.05) is 0 Å². The number of ether oxygens (including phenoxy) is 1. The summed E-state index contributed by atoms with van der Waals surface area (Å²) in [5.41, 5.74) is 3.83. The summed E-state index contributed by atoms with van der Waals surface area (Å²) in [6.07, 6.45) is 1.63. The molecule has 3 aliphatic heterocycles. The lowest BCUT2D eigenvalue weighted by Gasteiger charge is -2.36. The molecule has 2 amide bonds. The molecule has 1 fully saturated rings. The molecule has 8 nitrogen and oxygen atoms in total. The zero-order valence-electron chi connectivity index (χ0n) is 19.3. The van der Waals surface area contributed by atoms with Crippen molar-refractivity contribution in [3.05, 3.63) is 47.5 Å². The average molecular weight is 484 g/mol. The number of carbonyl (C=O) groups is 2. The van der Waals surface area contributed by atoms with Gasteiger partial charge in [-0.3, -0.25) is 9.59 Å². The molecule has 3 aliphatic rings. The first kappa shape index (κ1) is 22.7. The predicted molar refractivity (Wildman–Crippen MR) is 129 cm³/mol. The maximum absolute atomic E-state index is 13.1. The van der Waals surface area contributed by atoms with Crippen molar-refractivity contribution in [3.63, 3.8) is 0 Å². The van der Waals surface area contributed by atoms with Crippen molar-refractivity contribution in [2.45, 2.75) is 30.6 Å². The van der Waals surface area contributed by atoms with Gasteiger partial charge in [-0.15, -0.1) is 0 Å². The van der Waals surface area contributed by atoms with E-state index in [0.29, 0.717) is 52.0 Å². The molecule has 180 valence electrons. The number of aryl methyl sites for hydroxylation is 1. The Balaban J connectivity index is 1.19. The Kier molecular flexibility index (Phi) is 5.97. The van der Waals surface area contributed by atoms with E-state index in [4.69, 9.17) is 4.74 Å². The van der Waals surface area contributed by atoms with Gasteiger partial charge in [-0.25, -0.2) is 8.42 Å². The molecule has 2 aromatic rings. The number of amides is 2. The van der Waals surface area contributed by atoms with Crippen LogP contribution in [0, 0.1) is 0 Å². The van der Waals surface area contributed by atoms with Crippen LogP contribution < -0.4 is 14.5 Å². The van der Waals surface area contributed by atoms with Crippen LogP contribution >= 0.6 is 0 Å². The maximum atomic E-state index is 13.1. The number of methoxy groups -OCH3 is 1. The molecule has 0 radical (unpaired) electrons. The fraction of sp³-hybridized carbons (Fsp3) is 0.440. The first-order chi connectivity index (χ1) is 16.4. The summed E-state index contributed by atoms with van der Waals surface area (Å²) >= 11 is 0. The highest BCUT2D eigenvalue weighted by Crippen LogP contribution is 2.38. The molecule has 5 rings (SSSR count). The lowest BCUT2D eigenvalue weighted by atomic mass is 10.00.